The fourth-order valence-corrected chi connectivity index (χ4v) is 3.67. The Kier molecular flexibility index (Phi) is 7.80. The first-order valence-corrected chi connectivity index (χ1v) is 12.0. The monoisotopic (exact) mass is 506 g/mol. The lowest BCUT2D eigenvalue weighted by Gasteiger charge is -2.17. The lowest BCUT2D eigenvalue weighted by Crippen LogP contribution is -2.40. The number of benzene rings is 3. The summed E-state index contributed by atoms with van der Waals surface area (Å²) in [6.07, 6.45) is 0.832. The van der Waals surface area contributed by atoms with Gasteiger partial charge in [-0.1, -0.05) is 18.2 Å². The number of rotatable bonds is 8. The molecule has 0 heterocycles. The minimum absolute atomic E-state index is 0.0106. The Morgan fingerprint density at radius 2 is 1.69 bits per heavy atom. The quantitative estimate of drug-likeness (QED) is 0.505. The second-order valence-electron chi connectivity index (χ2n) is 7.72. The molecule has 0 atom stereocenters. The SMILES string of the molecule is CN(CC(=O)NS(C)(=O)=O)C(=O)c1cccc(COc2ccc(-c3ccc(F)c(F)c3)c(F)c2)c1. The number of carbonyl (C=O) groups is 2. The molecule has 184 valence electrons. The Hall–Kier alpha value is -3.86. The van der Waals surface area contributed by atoms with Crippen molar-refractivity contribution in [1.82, 2.24) is 9.62 Å². The second-order valence-corrected chi connectivity index (χ2v) is 9.47. The van der Waals surface area contributed by atoms with Gasteiger partial charge in [-0.2, -0.15) is 0 Å². The highest BCUT2D eigenvalue weighted by Crippen LogP contribution is 2.28. The average molecular weight is 507 g/mol. The van der Waals surface area contributed by atoms with Crippen LogP contribution >= 0.6 is 0 Å². The predicted octanol–water partition coefficient (Wildman–Crippen LogP) is 3.50. The molecule has 11 heteroatoms. The highest BCUT2D eigenvalue weighted by Gasteiger charge is 2.17. The molecule has 0 saturated heterocycles. The van der Waals surface area contributed by atoms with Crippen LogP contribution in [0.2, 0.25) is 0 Å². The standard InChI is InChI=1S/C24H21F3N2O5S/c1-29(13-23(30)28-35(2,32)33)24(31)17-5-3-4-15(10-17)14-34-18-7-8-19(21(26)12-18)16-6-9-20(25)22(27)11-16/h3-12H,13-14H2,1-2H3,(H,28,30). The molecule has 0 unspecified atom stereocenters. The van der Waals surface area contributed by atoms with E-state index in [1.54, 1.807) is 16.9 Å². The van der Waals surface area contributed by atoms with Crippen LogP contribution in [0.4, 0.5) is 13.2 Å². The number of halogens is 3. The largest absolute Gasteiger partial charge is 0.489 e. The first-order chi connectivity index (χ1) is 16.4. The van der Waals surface area contributed by atoms with Crippen molar-refractivity contribution >= 4 is 21.8 Å². The van der Waals surface area contributed by atoms with Crippen LogP contribution in [0.3, 0.4) is 0 Å². The third-order valence-corrected chi connectivity index (χ3v) is 5.38. The molecule has 3 aromatic rings. The van der Waals surface area contributed by atoms with Crippen molar-refractivity contribution in [2.24, 2.45) is 0 Å². The first kappa shape index (κ1) is 25.8. The molecular weight excluding hydrogens is 485 g/mol. The Labute approximate surface area is 200 Å². The summed E-state index contributed by atoms with van der Waals surface area (Å²) in [5.41, 5.74) is 1.07. The zero-order chi connectivity index (χ0) is 25.8. The van der Waals surface area contributed by atoms with E-state index < -0.39 is 45.8 Å². The molecule has 0 aliphatic heterocycles. The number of nitrogens with zero attached hydrogens (tertiary/aromatic N) is 1. The molecule has 3 rings (SSSR count). The molecule has 3 aromatic carbocycles. The summed E-state index contributed by atoms with van der Waals surface area (Å²) in [6, 6.07) is 13.4. The summed E-state index contributed by atoms with van der Waals surface area (Å²) in [5, 5.41) is 0. The number of amides is 2. The van der Waals surface area contributed by atoms with Crippen LogP contribution in [-0.4, -0.2) is 45.0 Å². The summed E-state index contributed by atoms with van der Waals surface area (Å²) < 4.78 is 70.8. The summed E-state index contributed by atoms with van der Waals surface area (Å²) >= 11 is 0. The molecule has 2 amide bonds. The molecule has 7 nitrogen and oxygen atoms in total. The molecule has 0 saturated carbocycles. The summed E-state index contributed by atoms with van der Waals surface area (Å²) in [6.45, 7) is -0.473. The number of ether oxygens (including phenoxy) is 1. The van der Waals surface area contributed by atoms with E-state index in [2.05, 4.69) is 0 Å². The van der Waals surface area contributed by atoms with Crippen molar-refractivity contribution in [1.29, 1.82) is 0 Å². The molecule has 1 N–H and O–H groups in total. The predicted molar refractivity (Wildman–Crippen MR) is 122 cm³/mol. The highest BCUT2D eigenvalue weighted by atomic mass is 32.2. The van der Waals surface area contributed by atoms with Gasteiger partial charge in [-0.3, -0.25) is 14.3 Å². The smallest absolute Gasteiger partial charge is 0.254 e. The minimum Gasteiger partial charge on any atom is -0.489 e. The van der Waals surface area contributed by atoms with Gasteiger partial charge < -0.3 is 9.64 Å². The fraction of sp³-hybridized carbons (Fsp3) is 0.167. The summed E-state index contributed by atoms with van der Waals surface area (Å²) in [5.74, 6) is -3.99. The number of sulfonamides is 1. The van der Waals surface area contributed by atoms with Crippen LogP contribution < -0.4 is 9.46 Å². The fourth-order valence-electron chi connectivity index (χ4n) is 3.19. The third-order valence-electron chi connectivity index (χ3n) is 4.78. The molecule has 0 bridgehead atoms. The number of hydrogen-bond donors (Lipinski definition) is 1. The maximum Gasteiger partial charge on any atom is 0.254 e. The van der Waals surface area contributed by atoms with E-state index in [9.17, 15) is 31.2 Å². The lowest BCUT2D eigenvalue weighted by atomic mass is 10.0. The van der Waals surface area contributed by atoms with Gasteiger partial charge in [0.05, 0.1) is 6.26 Å². The Morgan fingerprint density at radius 3 is 2.34 bits per heavy atom. The van der Waals surface area contributed by atoms with Crippen molar-refractivity contribution in [3.8, 4) is 16.9 Å². The second kappa shape index (κ2) is 10.6. The number of carbonyl (C=O) groups excluding carboxylic acids is 2. The van der Waals surface area contributed by atoms with Crippen LogP contribution in [-0.2, 0) is 21.4 Å². The normalized spacial score (nSPS) is 11.1. The van der Waals surface area contributed by atoms with E-state index in [4.69, 9.17) is 4.74 Å². The Morgan fingerprint density at radius 1 is 0.943 bits per heavy atom. The third kappa shape index (κ3) is 7.06. The van der Waals surface area contributed by atoms with Crippen LogP contribution in [0.5, 0.6) is 5.75 Å². The molecular formula is C24H21F3N2O5S. The average Bonchev–Trinajstić information content (AvgIpc) is 2.78. The van der Waals surface area contributed by atoms with E-state index in [1.165, 1.54) is 37.4 Å². The molecule has 0 aliphatic rings. The van der Waals surface area contributed by atoms with E-state index in [1.807, 2.05) is 0 Å². The van der Waals surface area contributed by atoms with Gasteiger partial charge in [0.15, 0.2) is 11.6 Å². The Bertz CT molecular complexity index is 1380. The van der Waals surface area contributed by atoms with Gasteiger partial charge in [0.2, 0.25) is 10.0 Å². The van der Waals surface area contributed by atoms with Crippen LogP contribution in [0.25, 0.3) is 11.1 Å². The van der Waals surface area contributed by atoms with Gasteiger partial charge in [0.25, 0.3) is 11.8 Å². The molecule has 0 aromatic heterocycles. The van der Waals surface area contributed by atoms with E-state index >= 15 is 0 Å². The molecule has 0 aliphatic carbocycles. The van der Waals surface area contributed by atoms with E-state index in [0.717, 1.165) is 29.4 Å². The molecule has 0 spiro atoms. The van der Waals surface area contributed by atoms with Gasteiger partial charge in [0.1, 0.15) is 24.7 Å². The van der Waals surface area contributed by atoms with Crippen LogP contribution in [0, 0.1) is 17.5 Å². The number of likely N-dealkylation sites (N-methyl/N-ethyl adjacent to an activating group) is 1. The van der Waals surface area contributed by atoms with Crippen LogP contribution in [0.1, 0.15) is 15.9 Å². The minimum atomic E-state index is -3.74. The molecule has 0 radical (unpaired) electrons. The van der Waals surface area contributed by atoms with E-state index in [-0.39, 0.29) is 29.0 Å². The van der Waals surface area contributed by atoms with Gasteiger partial charge in [-0.05, 0) is 47.5 Å². The summed E-state index contributed by atoms with van der Waals surface area (Å²) in [7, 11) is -2.39. The van der Waals surface area contributed by atoms with Crippen molar-refractivity contribution in [3.63, 3.8) is 0 Å². The maximum atomic E-state index is 14.5. The molecule has 0 fully saturated rings. The lowest BCUT2D eigenvalue weighted by molar-refractivity contribution is -0.119. The van der Waals surface area contributed by atoms with Gasteiger partial charge in [0, 0.05) is 24.2 Å². The zero-order valence-corrected chi connectivity index (χ0v) is 19.5. The van der Waals surface area contributed by atoms with Gasteiger partial charge in [-0.25, -0.2) is 21.6 Å². The van der Waals surface area contributed by atoms with Crippen molar-refractivity contribution < 1.29 is 35.9 Å². The van der Waals surface area contributed by atoms with Gasteiger partial charge >= 0.3 is 0 Å². The van der Waals surface area contributed by atoms with Crippen molar-refractivity contribution in [2.45, 2.75) is 6.61 Å². The summed E-state index contributed by atoms with van der Waals surface area (Å²) in [4.78, 5) is 25.4. The molecule has 35 heavy (non-hydrogen) atoms. The van der Waals surface area contributed by atoms with Crippen LogP contribution in [0.15, 0.2) is 60.7 Å². The zero-order valence-electron chi connectivity index (χ0n) is 18.7. The number of hydrogen-bond acceptors (Lipinski definition) is 5. The number of nitrogens with one attached hydrogen (secondary N) is 1. The highest BCUT2D eigenvalue weighted by molar-refractivity contribution is 7.89. The van der Waals surface area contributed by atoms with E-state index in [0.29, 0.717) is 5.56 Å². The topological polar surface area (TPSA) is 92.8 Å². The first-order valence-electron chi connectivity index (χ1n) is 10.2. The van der Waals surface area contributed by atoms with Crippen molar-refractivity contribution in [2.75, 3.05) is 19.8 Å². The maximum absolute atomic E-state index is 14.5. The van der Waals surface area contributed by atoms with Gasteiger partial charge in [-0.15, -0.1) is 0 Å². The van der Waals surface area contributed by atoms with Crippen molar-refractivity contribution in [3.05, 3.63) is 89.2 Å². The Balaban J connectivity index is 1.65.